The summed E-state index contributed by atoms with van der Waals surface area (Å²) >= 11 is 5.99. The van der Waals surface area contributed by atoms with E-state index in [1.165, 1.54) is 24.0 Å². The van der Waals surface area contributed by atoms with Gasteiger partial charge in [0, 0.05) is 30.1 Å². The number of hydrogen-bond donors (Lipinski definition) is 0. The third kappa shape index (κ3) is 8.22. The first-order chi connectivity index (χ1) is 20.2. The number of carbonyl (C=O) groups is 1. The van der Waals surface area contributed by atoms with E-state index in [4.69, 9.17) is 30.0 Å². The van der Waals surface area contributed by atoms with Gasteiger partial charge < -0.3 is 19.1 Å². The second-order valence-corrected chi connectivity index (χ2v) is 11.3. The highest BCUT2D eigenvalue weighted by atomic mass is 35.5. The van der Waals surface area contributed by atoms with Crippen molar-refractivity contribution >= 4 is 33.3 Å². The van der Waals surface area contributed by atoms with Gasteiger partial charge in [-0.05, 0) is 73.7 Å². The van der Waals surface area contributed by atoms with Crippen LogP contribution in [0.15, 0.2) is 90.0 Å². The lowest BCUT2D eigenvalue weighted by atomic mass is 10.1. The fourth-order valence-corrected chi connectivity index (χ4v) is 5.02. The van der Waals surface area contributed by atoms with Crippen molar-refractivity contribution in [1.82, 2.24) is 4.98 Å². The summed E-state index contributed by atoms with van der Waals surface area (Å²) in [5.41, 5.74) is 2.08. The van der Waals surface area contributed by atoms with Gasteiger partial charge in [0.2, 0.25) is 11.8 Å². The minimum absolute atomic E-state index is 0.0532. The van der Waals surface area contributed by atoms with E-state index in [9.17, 15) is 13.2 Å². The Labute approximate surface area is 250 Å². The lowest BCUT2D eigenvalue weighted by molar-refractivity contribution is -0.116. The molecular weight excluding hydrogens is 580 g/mol. The Balaban J connectivity index is 1.47. The molecule has 3 aromatic carbocycles. The predicted molar refractivity (Wildman–Crippen MR) is 160 cm³/mol. The van der Waals surface area contributed by atoms with Gasteiger partial charge in [-0.25, -0.2) is 4.98 Å². The topological polar surface area (TPSA) is 104 Å². The first-order valence-electron chi connectivity index (χ1n) is 13.1. The molecular formula is C31H31ClN2O7S. The molecule has 0 saturated heterocycles. The molecule has 220 valence electrons. The van der Waals surface area contributed by atoms with Crippen molar-refractivity contribution in [3.8, 4) is 23.1 Å². The first kappa shape index (κ1) is 30.8. The quantitative estimate of drug-likeness (QED) is 0.124. The Morgan fingerprint density at radius 1 is 0.952 bits per heavy atom. The van der Waals surface area contributed by atoms with Gasteiger partial charge in [0.1, 0.15) is 22.9 Å². The molecule has 1 aromatic heterocycles. The van der Waals surface area contributed by atoms with Gasteiger partial charge in [0.25, 0.3) is 10.1 Å². The summed E-state index contributed by atoms with van der Waals surface area (Å²) in [5.74, 6) is 1.60. The SMILES string of the molecule is COc1ccc(OCCCOS(=O)(=O)c2ccc(C)cc2)c(CN(C(C)=O)c2cccnc2Oc2ccc(Cl)cc2)c1. The van der Waals surface area contributed by atoms with E-state index in [2.05, 4.69) is 4.98 Å². The summed E-state index contributed by atoms with van der Waals surface area (Å²) in [6, 6.07) is 22.0. The molecule has 0 bridgehead atoms. The van der Waals surface area contributed by atoms with E-state index >= 15 is 0 Å². The largest absolute Gasteiger partial charge is 0.497 e. The standard InChI is InChI=1S/C31H31ClN2O7S/c1-22-7-14-28(15-8-22)42(36,37)40-19-5-18-39-30-16-13-27(38-3)20-24(30)21-34(23(2)35)29-6-4-17-33-31(29)41-26-11-9-25(32)10-12-26/h4,6-17,20H,5,18-19,21H2,1-3H3. The fourth-order valence-electron chi connectivity index (χ4n) is 3.95. The highest BCUT2D eigenvalue weighted by Gasteiger charge is 2.21. The van der Waals surface area contributed by atoms with E-state index in [-0.39, 0.29) is 36.4 Å². The Morgan fingerprint density at radius 2 is 1.67 bits per heavy atom. The van der Waals surface area contributed by atoms with Crippen LogP contribution in [-0.4, -0.2) is 39.6 Å². The number of aromatic nitrogens is 1. The maximum Gasteiger partial charge on any atom is 0.296 e. The Morgan fingerprint density at radius 3 is 2.36 bits per heavy atom. The molecule has 0 aliphatic rings. The van der Waals surface area contributed by atoms with Gasteiger partial charge >= 0.3 is 0 Å². The van der Waals surface area contributed by atoms with E-state index in [0.717, 1.165) is 5.56 Å². The van der Waals surface area contributed by atoms with E-state index in [1.54, 1.807) is 80.0 Å². The van der Waals surface area contributed by atoms with Crippen molar-refractivity contribution in [2.75, 3.05) is 25.2 Å². The smallest absolute Gasteiger partial charge is 0.296 e. The van der Waals surface area contributed by atoms with Crippen LogP contribution in [0.3, 0.4) is 0 Å². The first-order valence-corrected chi connectivity index (χ1v) is 14.9. The molecule has 1 amide bonds. The van der Waals surface area contributed by atoms with Crippen LogP contribution in [0.4, 0.5) is 5.69 Å². The minimum atomic E-state index is -3.86. The van der Waals surface area contributed by atoms with Crippen molar-refractivity contribution in [3.05, 3.63) is 101 Å². The van der Waals surface area contributed by atoms with Crippen LogP contribution in [0.25, 0.3) is 0 Å². The second kappa shape index (κ2) is 14.2. The summed E-state index contributed by atoms with van der Waals surface area (Å²) in [6.07, 6.45) is 1.89. The average molecular weight is 611 g/mol. The molecule has 4 aromatic rings. The number of pyridine rings is 1. The molecule has 0 saturated carbocycles. The maximum absolute atomic E-state index is 12.9. The monoisotopic (exact) mass is 610 g/mol. The molecule has 1 heterocycles. The lowest BCUT2D eigenvalue weighted by Gasteiger charge is -2.24. The molecule has 0 unspecified atom stereocenters. The van der Waals surface area contributed by atoms with Crippen molar-refractivity contribution in [2.24, 2.45) is 0 Å². The molecule has 11 heteroatoms. The van der Waals surface area contributed by atoms with Gasteiger partial charge in [-0.15, -0.1) is 0 Å². The molecule has 9 nitrogen and oxygen atoms in total. The molecule has 0 radical (unpaired) electrons. The summed E-state index contributed by atoms with van der Waals surface area (Å²) in [6.45, 7) is 3.58. The molecule has 0 atom stereocenters. The van der Waals surface area contributed by atoms with Crippen LogP contribution in [0.1, 0.15) is 24.5 Å². The Bertz CT molecular complexity index is 1610. The molecule has 42 heavy (non-hydrogen) atoms. The molecule has 0 aliphatic carbocycles. The number of methoxy groups -OCH3 is 1. The van der Waals surface area contributed by atoms with Crippen LogP contribution in [-0.2, 0) is 25.6 Å². The number of halogens is 1. The van der Waals surface area contributed by atoms with Crippen LogP contribution in [0.5, 0.6) is 23.1 Å². The minimum Gasteiger partial charge on any atom is -0.497 e. The van der Waals surface area contributed by atoms with Crippen molar-refractivity contribution in [1.29, 1.82) is 0 Å². The summed E-state index contributed by atoms with van der Waals surface area (Å²) in [7, 11) is -2.32. The van der Waals surface area contributed by atoms with E-state index < -0.39 is 10.1 Å². The van der Waals surface area contributed by atoms with Gasteiger partial charge in [0.15, 0.2) is 0 Å². The summed E-state index contributed by atoms with van der Waals surface area (Å²) in [4.78, 5) is 18.8. The molecule has 0 fully saturated rings. The predicted octanol–water partition coefficient (Wildman–Crippen LogP) is 6.57. The maximum atomic E-state index is 12.9. The molecule has 0 aliphatic heterocycles. The summed E-state index contributed by atoms with van der Waals surface area (Å²) in [5, 5.41) is 0.568. The third-order valence-electron chi connectivity index (χ3n) is 6.14. The van der Waals surface area contributed by atoms with Crippen LogP contribution in [0, 0.1) is 6.92 Å². The molecule has 4 rings (SSSR count). The zero-order chi connectivity index (χ0) is 30.1. The van der Waals surface area contributed by atoms with Crippen molar-refractivity contribution in [3.63, 3.8) is 0 Å². The van der Waals surface area contributed by atoms with E-state index in [0.29, 0.717) is 39.9 Å². The van der Waals surface area contributed by atoms with E-state index in [1.807, 2.05) is 6.92 Å². The number of anilines is 1. The van der Waals surface area contributed by atoms with Gasteiger partial charge in [-0.3, -0.25) is 8.98 Å². The molecule has 0 N–H and O–H groups in total. The average Bonchev–Trinajstić information content (AvgIpc) is 2.98. The number of benzene rings is 3. The zero-order valence-electron chi connectivity index (χ0n) is 23.4. The summed E-state index contributed by atoms with van der Waals surface area (Å²) < 4.78 is 47.4. The van der Waals surface area contributed by atoms with Crippen LogP contribution in [0.2, 0.25) is 5.02 Å². The highest BCUT2D eigenvalue weighted by molar-refractivity contribution is 7.86. The number of hydrogen-bond acceptors (Lipinski definition) is 8. The van der Waals surface area contributed by atoms with Gasteiger partial charge in [-0.1, -0.05) is 29.3 Å². The number of ether oxygens (including phenoxy) is 3. The Kier molecular flexibility index (Phi) is 10.4. The zero-order valence-corrected chi connectivity index (χ0v) is 25.0. The van der Waals surface area contributed by atoms with Gasteiger partial charge in [0.05, 0.1) is 31.8 Å². The second-order valence-electron chi connectivity index (χ2n) is 9.25. The number of aryl methyl sites for hydroxylation is 1. The van der Waals surface area contributed by atoms with Crippen LogP contribution >= 0.6 is 11.6 Å². The van der Waals surface area contributed by atoms with Crippen molar-refractivity contribution in [2.45, 2.75) is 31.7 Å². The Hall–Kier alpha value is -4.12. The van der Waals surface area contributed by atoms with Crippen LogP contribution < -0.4 is 19.1 Å². The molecule has 0 spiro atoms. The van der Waals surface area contributed by atoms with Gasteiger partial charge in [-0.2, -0.15) is 8.42 Å². The number of rotatable bonds is 13. The van der Waals surface area contributed by atoms with Crippen molar-refractivity contribution < 1.29 is 31.6 Å². The highest BCUT2D eigenvalue weighted by Crippen LogP contribution is 2.34. The fraction of sp³-hybridized carbons (Fsp3) is 0.226. The number of amides is 1. The normalized spacial score (nSPS) is 11.1. The number of nitrogens with zero attached hydrogens (tertiary/aromatic N) is 2. The number of carbonyl (C=O) groups excluding carboxylic acids is 1. The third-order valence-corrected chi connectivity index (χ3v) is 7.72. The lowest BCUT2D eigenvalue weighted by Crippen LogP contribution is -2.28.